The summed E-state index contributed by atoms with van der Waals surface area (Å²) in [6.45, 7) is 12.0. The van der Waals surface area contributed by atoms with E-state index in [0.717, 1.165) is 35.4 Å². The third kappa shape index (κ3) is 3.63. The fraction of sp³-hybridized carbons (Fsp3) is 0.200. The number of rotatable bonds is 5. The Hall–Kier alpha value is -2.28. The van der Waals surface area contributed by atoms with Crippen molar-refractivity contribution in [1.29, 1.82) is 0 Å². The Morgan fingerprint density at radius 3 is 2.57 bits per heavy atom. The largest absolute Gasteiger partial charge is 0.345 e. The Balaban J connectivity index is 2.15. The molecule has 0 aliphatic heterocycles. The Morgan fingerprint density at radius 1 is 1.19 bits per heavy atom. The van der Waals surface area contributed by atoms with Gasteiger partial charge in [-0.3, -0.25) is 0 Å². The molecule has 21 heavy (non-hydrogen) atoms. The van der Waals surface area contributed by atoms with Crippen molar-refractivity contribution in [2.24, 2.45) is 0 Å². The van der Waals surface area contributed by atoms with E-state index < -0.39 is 0 Å². The summed E-state index contributed by atoms with van der Waals surface area (Å²) >= 11 is 0. The molecule has 0 aromatic heterocycles. The molecule has 1 aliphatic rings. The van der Waals surface area contributed by atoms with Gasteiger partial charge in [0.1, 0.15) is 0 Å². The molecule has 0 N–H and O–H groups in total. The predicted octanol–water partition coefficient (Wildman–Crippen LogP) is 5.50. The van der Waals surface area contributed by atoms with Crippen LogP contribution in [0.25, 0.3) is 5.57 Å². The Morgan fingerprint density at radius 2 is 1.90 bits per heavy atom. The van der Waals surface area contributed by atoms with Crippen LogP contribution < -0.4 is 4.90 Å². The van der Waals surface area contributed by atoms with Crippen LogP contribution in [0.15, 0.2) is 79.6 Å². The summed E-state index contributed by atoms with van der Waals surface area (Å²) < 4.78 is 0. The molecule has 1 aromatic carbocycles. The molecule has 1 heteroatoms. The van der Waals surface area contributed by atoms with E-state index >= 15 is 0 Å². The minimum absolute atomic E-state index is 0.944. The smallest absolute Gasteiger partial charge is 0.0408 e. The highest BCUT2D eigenvalue weighted by atomic mass is 15.1. The molecular formula is C20H23N. The van der Waals surface area contributed by atoms with Crippen molar-refractivity contribution >= 4 is 11.3 Å². The maximum Gasteiger partial charge on any atom is 0.0408 e. The number of likely N-dealkylation sites (N-methyl/N-ethyl adjacent to an activating group) is 1. The van der Waals surface area contributed by atoms with E-state index in [2.05, 4.69) is 74.2 Å². The predicted molar refractivity (Wildman–Crippen MR) is 94.3 cm³/mol. The van der Waals surface area contributed by atoms with Gasteiger partial charge in [-0.2, -0.15) is 0 Å². The molecular weight excluding hydrogens is 254 g/mol. The van der Waals surface area contributed by atoms with Gasteiger partial charge in [0.15, 0.2) is 0 Å². The second-order valence-corrected chi connectivity index (χ2v) is 5.29. The maximum absolute atomic E-state index is 4.26. The molecule has 0 atom stereocenters. The van der Waals surface area contributed by atoms with Crippen LogP contribution in [0.3, 0.4) is 0 Å². The summed E-state index contributed by atoms with van der Waals surface area (Å²) in [6, 6.07) is 8.35. The lowest BCUT2D eigenvalue weighted by Gasteiger charge is -2.24. The minimum Gasteiger partial charge on any atom is -0.345 e. The molecule has 0 saturated carbocycles. The van der Waals surface area contributed by atoms with Crippen molar-refractivity contribution in [2.75, 3.05) is 11.9 Å². The third-order valence-electron chi connectivity index (χ3n) is 3.90. The molecule has 108 valence electrons. The lowest BCUT2D eigenvalue weighted by atomic mass is 10.0. The van der Waals surface area contributed by atoms with Crippen molar-refractivity contribution in [3.63, 3.8) is 0 Å². The average Bonchev–Trinajstić information content (AvgIpc) is 2.82. The van der Waals surface area contributed by atoms with Gasteiger partial charge in [0.25, 0.3) is 0 Å². The normalized spacial score (nSPS) is 14.0. The van der Waals surface area contributed by atoms with Gasteiger partial charge in [0.05, 0.1) is 0 Å². The Bertz CT molecular complexity index is 599. The molecule has 0 saturated heterocycles. The van der Waals surface area contributed by atoms with Crippen LogP contribution in [-0.2, 0) is 0 Å². The molecule has 1 aliphatic carbocycles. The van der Waals surface area contributed by atoms with Gasteiger partial charge in [-0.05, 0) is 48.1 Å². The number of benzene rings is 1. The zero-order valence-corrected chi connectivity index (χ0v) is 12.8. The van der Waals surface area contributed by atoms with E-state index in [0.29, 0.717) is 0 Å². The van der Waals surface area contributed by atoms with Crippen LogP contribution in [-0.4, -0.2) is 7.05 Å². The van der Waals surface area contributed by atoms with Gasteiger partial charge in [-0.15, -0.1) is 0 Å². The van der Waals surface area contributed by atoms with Gasteiger partial charge < -0.3 is 4.90 Å². The van der Waals surface area contributed by atoms with Gasteiger partial charge >= 0.3 is 0 Å². The highest BCUT2D eigenvalue weighted by molar-refractivity contribution is 5.73. The van der Waals surface area contributed by atoms with Crippen LogP contribution in [0, 0.1) is 0 Å². The number of nitrogens with zero attached hydrogens (tertiary/aromatic N) is 1. The van der Waals surface area contributed by atoms with Crippen molar-refractivity contribution in [1.82, 2.24) is 0 Å². The summed E-state index contributed by atoms with van der Waals surface area (Å²) in [5.74, 6) is 0. The molecule has 0 fully saturated rings. The van der Waals surface area contributed by atoms with E-state index in [1.54, 1.807) is 6.08 Å². The van der Waals surface area contributed by atoms with Crippen molar-refractivity contribution < 1.29 is 0 Å². The second kappa shape index (κ2) is 6.94. The Kier molecular flexibility index (Phi) is 4.99. The first-order valence-electron chi connectivity index (χ1n) is 7.34. The maximum atomic E-state index is 4.26. The van der Waals surface area contributed by atoms with Crippen molar-refractivity contribution in [3.8, 4) is 0 Å². The van der Waals surface area contributed by atoms with Gasteiger partial charge in [0, 0.05) is 18.4 Å². The SMILES string of the molecule is C=CC(=C)c1ccc(N(C)C(=C)C2=CC=CCCC2)cc1. The van der Waals surface area contributed by atoms with Crippen LogP contribution >= 0.6 is 0 Å². The van der Waals surface area contributed by atoms with Crippen LogP contribution in [0.1, 0.15) is 24.8 Å². The van der Waals surface area contributed by atoms with Crippen molar-refractivity contribution in [2.45, 2.75) is 19.3 Å². The summed E-state index contributed by atoms with van der Waals surface area (Å²) in [5.41, 5.74) is 5.56. The fourth-order valence-electron chi connectivity index (χ4n) is 2.40. The van der Waals surface area contributed by atoms with Crippen LogP contribution in [0.5, 0.6) is 0 Å². The molecule has 1 aromatic rings. The summed E-state index contributed by atoms with van der Waals surface area (Å²) in [6.07, 6.45) is 11.7. The first-order valence-corrected chi connectivity index (χ1v) is 7.34. The number of allylic oxidation sites excluding steroid dienone is 6. The summed E-state index contributed by atoms with van der Waals surface area (Å²) in [4.78, 5) is 2.14. The molecule has 0 unspecified atom stereocenters. The van der Waals surface area contributed by atoms with E-state index in [4.69, 9.17) is 0 Å². The lowest BCUT2D eigenvalue weighted by Crippen LogP contribution is -2.17. The second-order valence-electron chi connectivity index (χ2n) is 5.29. The highest BCUT2D eigenvalue weighted by Gasteiger charge is 2.10. The van der Waals surface area contributed by atoms with Gasteiger partial charge in [-0.1, -0.05) is 56.2 Å². The van der Waals surface area contributed by atoms with E-state index in [-0.39, 0.29) is 0 Å². The molecule has 0 bridgehead atoms. The molecule has 0 amide bonds. The summed E-state index contributed by atoms with van der Waals surface area (Å²) in [5, 5.41) is 0. The molecule has 0 heterocycles. The molecule has 1 nitrogen and oxygen atoms in total. The molecule has 2 rings (SSSR count). The number of hydrogen-bond acceptors (Lipinski definition) is 1. The highest BCUT2D eigenvalue weighted by Crippen LogP contribution is 2.26. The van der Waals surface area contributed by atoms with E-state index in [1.807, 2.05) is 0 Å². The zero-order chi connectivity index (χ0) is 15.2. The van der Waals surface area contributed by atoms with E-state index in [1.165, 1.54) is 12.0 Å². The first kappa shape index (κ1) is 15.1. The fourth-order valence-corrected chi connectivity index (χ4v) is 2.40. The first-order chi connectivity index (χ1) is 10.1. The minimum atomic E-state index is 0.944. The Labute approximate surface area is 128 Å². The quantitative estimate of drug-likeness (QED) is 0.642. The summed E-state index contributed by atoms with van der Waals surface area (Å²) in [7, 11) is 2.06. The van der Waals surface area contributed by atoms with Gasteiger partial charge in [0.2, 0.25) is 0 Å². The standard InChI is InChI=1S/C20H23N/c1-5-16(2)18-12-14-20(15-13-18)21(4)17(3)19-10-8-6-7-9-11-19/h5-6,8,10,12-15H,1-3,7,9,11H2,4H3. The lowest BCUT2D eigenvalue weighted by molar-refractivity contribution is 0.838. The van der Waals surface area contributed by atoms with Gasteiger partial charge in [-0.25, -0.2) is 0 Å². The van der Waals surface area contributed by atoms with Crippen molar-refractivity contribution in [3.05, 3.63) is 85.1 Å². The molecule has 0 radical (unpaired) electrons. The topological polar surface area (TPSA) is 3.24 Å². The monoisotopic (exact) mass is 277 g/mol. The number of hydrogen-bond donors (Lipinski definition) is 0. The van der Waals surface area contributed by atoms with Crippen LogP contribution in [0.2, 0.25) is 0 Å². The third-order valence-corrected chi connectivity index (χ3v) is 3.90. The number of anilines is 1. The average molecular weight is 277 g/mol. The molecule has 0 spiro atoms. The zero-order valence-electron chi connectivity index (χ0n) is 12.8. The van der Waals surface area contributed by atoms with Crippen LogP contribution in [0.4, 0.5) is 5.69 Å². The van der Waals surface area contributed by atoms with E-state index in [9.17, 15) is 0 Å².